The van der Waals surface area contributed by atoms with Gasteiger partial charge in [0, 0.05) is 43.4 Å². The lowest BCUT2D eigenvalue weighted by Gasteiger charge is -2.19. The van der Waals surface area contributed by atoms with Crippen molar-refractivity contribution in [3.63, 3.8) is 0 Å². The quantitative estimate of drug-likeness (QED) is 0.863. The van der Waals surface area contributed by atoms with E-state index in [4.69, 9.17) is 0 Å². The zero-order valence-corrected chi connectivity index (χ0v) is 14.0. The van der Waals surface area contributed by atoms with Crippen LogP contribution in [0.25, 0.3) is 0 Å². The second kappa shape index (κ2) is 6.66. The minimum Gasteiger partial charge on any atom is -0.356 e. The van der Waals surface area contributed by atoms with Crippen molar-refractivity contribution >= 4 is 11.7 Å². The fourth-order valence-electron chi connectivity index (χ4n) is 3.19. The summed E-state index contributed by atoms with van der Waals surface area (Å²) < 4.78 is 0. The third kappa shape index (κ3) is 3.55. The lowest BCUT2D eigenvalue weighted by atomic mass is 10.2. The molecule has 0 aromatic carbocycles. The number of aromatic nitrogens is 3. The number of nitrogens with zero attached hydrogens (tertiary/aromatic N) is 3. The zero-order valence-electron chi connectivity index (χ0n) is 14.0. The van der Waals surface area contributed by atoms with E-state index < -0.39 is 0 Å². The maximum Gasteiger partial charge on any atom is 0.270 e. The number of carbonyl (C=O) groups excluding carboxylic acids is 1. The van der Waals surface area contributed by atoms with Crippen molar-refractivity contribution in [2.24, 2.45) is 0 Å². The fourth-order valence-corrected chi connectivity index (χ4v) is 3.19. The van der Waals surface area contributed by atoms with E-state index in [1.807, 2.05) is 12.1 Å². The highest BCUT2D eigenvalue weighted by molar-refractivity contribution is 5.92. The number of pyridine rings is 1. The van der Waals surface area contributed by atoms with Crippen molar-refractivity contribution < 1.29 is 4.79 Å². The molecule has 2 aliphatic rings. The van der Waals surface area contributed by atoms with E-state index in [1.54, 1.807) is 6.20 Å². The topological polar surface area (TPSA) is 91.0 Å². The van der Waals surface area contributed by atoms with Crippen LogP contribution in [-0.4, -0.2) is 33.9 Å². The summed E-state index contributed by atoms with van der Waals surface area (Å²) in [5.74, 6) is 1.51. The number of hydrogen-bond acceptors (Lipinski definition) is 5. The molecule has 0 atom stereocenters. The van der Waals surface area contributed by atoms with Gasteiger partial charge in [0.25, 0.3) is 11.5 Å². The van der Waals surface area contributed by atoms with Gasteiger partial charge in [-0.25, -0.2) is 9.97 Å². The van der Waals surface area contributed by atoms with Crippen LogP contribution < -0.4 is 15.8 Å². The Morgan fingerprint density at radius 1 is 1.32 bits per heavy atom. The Hall–Kier alpha value is -2.70. The molecule has 0 bridgehead atoms. The summed E-state index contributed by atoms with van der Waals surface area (Å²) in [7, 11) is 0. The Bertz CT molecular complexity index is 837. The largest absolute Gasteiger partial charge is 0.356 e. The first kappa shape index (κ1) is 15.8. The summed E-state index contributed by atoms with van der Waals surface area (Å²) >= 11 is 0. The monoisotopic (exact) mass is 339 g/mol. The Kier molecular flexibility index (Phi) is 4.21. The van der Waals surface area contributed by atoms with Crippen molar-refractivity contribution in [2.75, 3.05) is 18.0 Å². The van der Waals surface area contributed by atoms with E-state index in [1.165, 1.54) is 18.9 Å². The second-order valence-electron chi connectivity index (χ2n) is 6.65. The van der Waals surface area contributed by atoms with Crippen molar-refractivity contribution in [2.45, 2.75) is 38.1 Å². The van der Waals surface area contributed by atoms with Gasteiger partial charge in [0.15, 0.2) is 0 Å². The van der Waals surface area contributed by atoms with E-state index >= 15 is 0 Å². The average Bonchev–Trinajstić information content (AvgIpc) is 3.34. The predicted molar refractivity (Wildman–Crippen MR) is 93.7 cm³/mol. The van der Waals surface area contributed by atoms with Crippen molar-refractivity contribution in [1.82, 2.24) is 20.3 Å². The molecule has 7 nitrogen and oxygen atoms in total. The summed E-state index contributed by atoms with van der Waals surface area (Å²) in [5, 5.41) is 2.87. The lowest BCUT2D eigenvalue weighted by Crippen LogP contribution is -2.28. The first-order valence-electron chi connectivity index (χ1n) is 8.79. The lowest BCUT2D eigenvalue weighted by molar-refractivity contribution is 0.0945. The van der Waals surface area contributed by atoms with Crippen LogP contribution in [0.5, 0.6) is 0 Å². The molecule has 2 aromatic rings. The van der Waals surface area contributed by atoms with Gasteiger partial charge in [-0.1, -0.05) is 6.07 Å². The number of anilines is 1. The van der Waals surface area contributed by atoms with Crippen LogP contribution in [0.2, 0.25) is 0 Å². The Balaban J connectivity index is 1.48. The predicted octanol–water partition coefficient (Wildman–Crippen LogP) is 1.57. The van der Waals surface area contributed by atoms with Crippen molar-refractivity contribution in [3.8, 4) is 0 Å². The molecule has 2 N–H and O–H groups in total. The van der Waals surface area contributed by atoms with E-state index in [2.05, 4.69) is 25.2 Å². The molecule has 1 saturated heterocycles. The van der Waals surface area contributed by atoms with Crippen LogP contribution in [0, 0.1) is 0 Å². The molecule has 0 radical (unpaired) electrons. The van der Waals surface area contributed by atoms with Gasteiger partial charge in [-0.05, 0) is 31.7 Å². The van der Waals surface area contributed by atoms with Crippen LogP contribution in [0.3, 0.4) is 0 Å². The first-order valence-corrected chi connectivity index (χ1v) is 8.79. The molecule has 3 heterocycles. The normalized spacial score (nSPS) is 16.9. The number of hydrogen-bond donors (Lipinski definition) is 2. The average molecular weight is 339 g/mol. The third-order valence-corrected chi connectivity index (χ3v) is 4.67. The summed E-state index contributed by atoms with van der Waals surface area (Å²) in [6.07, 6.45) is 6.15. The van der Waals surface area contributed by atoms with Gasteiger partial charge in [-0.3, -0.25) is 9.59 Å². The summed E-state index contributed by atoms with van der Waals surface area (Å²) in [6, 6.07) is 5.10. The molecule has 4 rings (SSSR count). The molecule has 7 heteroatoms. The molecular formula is C18H21N5O2. The molecule has 130 valence electrons. The maximum absolute atomic E-state index is 12.4. The van der Waals surface area contributed by atoms with Gasteiger partial charge in [0.05, 0.1) is 0 Å². The van der Waals surface area contributed by atoms with Gasteiger partial charge < -0.3 is 15.2 Å². The van der Waals surface area contributed by atoms with Gasteiger partial charge in [0.1, 0.15) is 17.3 Å². The van der Waals surface area contributed by atoms with E-state index in [-0.39, 0.29) is 17.2 Å². The number of amides is 1. The minimum atomic E-state index is -0.329. The van der Waals surface area contributed by atoms with Gasteiger partial charge in [0.2, 0.25) is 0 Å². The molecule has 0 spiro atoms. The molecule has 1 saturated carbocycles. The molecule has 0 unspecified atom stereocenters. The Morgan fingerprint density at radius 2 is 2.12 bits per heavy atom. The second-order valence-corrected chi connectivity index (χ2v) is 6.65. The number of H-pyrrole nitrogens is 1. The highest BCUT2D eigenvalue weighted by Gasteiger charge is 2.27. The van der Waals surface area contributed by atoms with Gasteiger partial charge in [-0.15, -0.1) is 0 Å². The number of nitrogens with one attached hydrogen (secondary N) is 2. The molecule has 2 fully saturated rings. The number of aromatic amines is 1. The molecule has 1 aliphatic carbocycles. The Morgan fingerprint density at radius 3 is 2.88 bits per heavy atom. The van der Waals surface area contributed by atoms with Crippen LogP contribution in [0.15, 0.2) is 29.2 Å². The Labute approximate surface area is 145 Å². The highest BCUT2D eigenvalue weighted by atomic mass is 16.2. The zero-order chi connectivity index (χ0) is 17.2. The van der Waals surface area contributed by atoms with Crippen LogP contribution in [0.1, 0.15) is 53.5 Å². The summed E-state index contributed by atoms with van der Waals surface area (Å²) in [6.45, 7) is 2.36. The first-order chi connectivity index (χ1) is 12.2. The smallest absolute Gasteiger partial charge is 0.270 e. The maximum atomic E-state index is 12.4. The van der Waals surface area contributed by atoms with Crippen LogP contribution in [0.4, 0.5) is 5.82 Å². The standard InChI is InChI=1S/C18H21N5O2/c24-15-10-14(21-16(22-15)12-5-6-12)18(25)20-11-13-4-3-7-19-17(13)23-8-1-2-9-23/h3-4,7,10,12H,1-2,5-6,8-9,11H2,(H,20,25)(H,21,22,24). The third-order valence-electron chi connectivity index (χ3n) is 4.67. The number of rotatable bonds is 5. The van der Waals surface area contributed by atoms with Crippen molar-refractivity contribution in [1.29, 1.82) is 0 Å². The van der Waals surface area contributed by atoms with Crippen molar-refractivity contribution in [3.05, 3.63) is 51.8 Å². The van der Waals surface area contributed by atoms with Gasteiger partial charge >= 0.3 is 0 Å². The fraction of sp³-hybridized carbons (Fsp3) is 0.444. The summed E-state index contributed by atoms with van der Waals surface area (Å²) in [4.78, 5) is 38.0. The number of carbonyl (C=O) groups is 1. The van der Waals surface area contributed by atoms with Crippen LogP contribution in [-0.2, 0) is 6.54 Å². The van der Waals surface area contributed by atoms with Crippen LogP contribution >= 0.6 is 0 Å². The van der Waals surface area contributed by atoms with E-state index in [0.29, 0.717) is 18.3 Å². The highest BCUT2D eigenvalue weighted by Crippen LogP contribution is 2.37. The summed E-state index contributed by atoms with van der Waals surface area (Å²) in [5.41, 5.74) is 0.878. The minimum absolute atomic E-state index is 0.178. The molecular weight excluding hydrogens is 318 g/mol. The SMILES string of the molecule is O=C(NCc1cccnc1N1CCCC1)c1cc(=O)[nH]c(C2CC2)n1. The molecule has 2 aromatic heterocycles. The molecule has 1 aliphatic heterocycles. The molecule has 25 heavy (non-hydrogen) atoms. The molecule has 1 amide bonds. The van der Waals surface area contributed by atoms with E-state index in [0.717, 1.165) is 37.3 Å². The van der Waals surface area contributed by atoms with Gasteiger partial charge in [-0.2, -0.15) is 0 Å². The van der Waals surface area contributed by atoms with E-state index in [9.17, 15) is 9.59 Å².